The first-order chi connectivity index (χ1) is 10.2. The average Bonchev–Trinajstić information content (AvgIpc) is 2.47. The summed E-state index contributed by atoms with van der Waals surface area (Å²) in [6, 6.07) is 6.83. The summed E-state index contributed by atoms with van der Waals surface area (Å²) in [5.41, 5.74) is 5.53. The van der Waals surface area contributed by atoms with Crippen molar-refractivity contribution in [1.82, 2.24) is 4.31 Å². The van der Waals surface area contributed by atoms with Crippen LogP contribution in [0.4, 0.5) is 0 Å². The fraction of sp³-hybridized carbons (Fsp3) is 0.533. The van der Waals surface area contributed by atoms with Gasteiger partial charge in [0, 0.05) is 13.1 Å². The lowest BCUT2D eigenvalue weighted by molar-refractivity contribution is -0.144. The number of sulfonamides is 1. The molecule has 22 heavy (non-hydrogen) atoms. The van der Waals surface area contributed by atoms with E-state index >= 15 is 0 Å². The van der Waals surface area contributed by atoms with Crippen LogP contribution >= 0.6 is 0 Å². The van der Waals surface area contributed by atoms with Crippen molar-refractivity contribution in [3.63, 3.8) is 0 Å². The highest BCUT2D eigenvalue weighted by molar-refractivity contribution is 7.89. The van der Waals surface area contributed by atoms with Crippen molar-refractivity contribution < 1.29 is 18.3 Å². The third kappa shape index (κ3) is 3.16. The Labute approximate surface area is 131 Å². The minimum absolute atomic E-state index is 0.117. The quantitative estimate of drug-likeness (QED) is 0.870. The van der Waals surface area contributed by atoms with Crippen LogP contribution in [0.3, 0.4) is 0 Å². The fourth-order valence-electron chi connectivity index (χ4n) is 2.51. The van der Waals surface area contributed by atoms with Crippen LogP contribution in [0.15, 0.2) is 29.2 Å². The molecule has 3 N–H and O–H groups in total. The number of carboxylic acid groups (broad SMARTS) is 1. The van der Waals surface area contributed by atoms with Crippen LogP contribution in [-0.2, 0) is 14.8 Å². The Morgan fingerprint density at radius 2 is 1.73 bits per heavy atom. The third-order valence-electron chi connectivity index (χ3n) is 4.23. The normalized spacial score (nSPS) is 19.3. The molecular formula is C15H22N2O4S. The lowest BCUT2D eigenvalue weighted by Gasteiger charge is -2.35. The fourth-order valence-corrected chi connectivity index (χ4v) is 3.95. The van der Waals surface area contributed by atoms with Crippen LogP contribution in [0.2, 0.25) is 0 Å². The van der Waals surface area contributed by atoms with Crippen LogP contribution < -0.4 is 5.73 Å². The molecule has 1 aromatic rings. The number of nitrogens with two attached hydrogens (primary N) is 1. The van der Waals surface area contributed by atoms with Gasteiger partial charge in [-0.15, -0.1) is 0 Å². The van der Waals surface area contributed by atoms with Crippen LogP contribution in [0.25, 0.3) is 0 Å². The SMILES string of the molecule is CC(C)c1ccc(S(=O)(=O)N2CCC(N)(C(=O)O)CC2)cc1. The molecule has 2 rings (SSSR count). The highest BCUT2D eigenvalue weighted by Gasteiger charge is 2.40. The van der Waals surface area contributed by atoms with E-state index in [4.69, 9.17) is 10.8 Å². The number of aliphatic carboxylic acids is 1. The van der Waals surface area contributed by atoms with Crippen molar-refractivity contribution in [1.29, 1.82) is 0 Å². The van der Waals surface area contributed by atoms with Crippen molar-refractivity contribution in [3.05, 3.63) is 29.8 Å². The Hall–Kier alpha value is -1.44. The second kappa shape index (κ2) is 5.98. The molecular weight excluding hydrogens is 304 g/mol. The van der Waals surface area contributed by atoms with Gasteiger partial charge in [0.15, 0.2) is 0 Å². The molecule has 0 spiro atoms. The van der Waals surface area contributed by atoms with Crippen LogP contribution in [0.5, 0.6) is 0 Å². The number of carbonyl (C=O) groups is 1. The lowest BCUT2D eigenvalue weighted by Crippen LogP contribution is -2.56. The van der Waals surface area contributed by atoms with E-state index in [-0.39, 0.29) is 30.8 Å². The summed E-state index contributed by atoms with van der Waals surface area (Å²) in [6.45, 7) is 4.33. The predicted molar refractivity (Wildman–Crippen MR) is 83.1 cm³/mol. The minimum Gasteiger partial charge on any atom is -0.480 e. The number of benzene rings is 1. The summed E-state index contributed by atoms with van der Waals surface area (Å²) in [7, 11) is -3.60. The smallest absolute Gasteiger partial charge is 0.323 e. The van der Waals surface area contributed by atoms with E-state index in [9.17, 15) is 13.2 Å². The summed E-state index contributed by atoms with van der Waals surface area (Å²) < 4.78 is 26.5. The minimum atomic E-state index is -3.60. The maximum atomic E-state index is 12.6. The van der Waals surface area contributed by atoms with Crippen LogP contribution in [-0.4, -0.2) is 42.4 Å². The molecule has 6 nitrogen and oxygen atoms in total. The van der Waals surface area contributed by atoms with Gasteiger partial charge >= 0.3 is 5.97 Å². The van der Waals surface area contributed by atoms with Crippen molar-refractivity contribution in [2.75, 3.05) is 13.1 Å². The molecule has 0 amide bonds. The first-order valence-electron chi connectivity index (χ1n) is 7.29. The molecule has 122 valence electrons. The Morgan fingerprint density at radius 1 is 1.23 bits per heavy atom. The van der Waals surface area contributed by atoms with Gasteiger partial charge in [0.1, 0.15) is 5.54 Å². The molecule has 0 radical (unpaired) electrons. The van der Waals surface area contributed by atoms with Gasteiger partial charge in [-0.3, -0.25) is 4.79 Å². The van der Waals surface area contributed by atoms with E-state index in [1.807, 2.05) is 26.0 Å². The zero-order valence-corrected chi connectivity index (χ0v) is 13.6. The highest BCUT2D eigenvalue weighted by atomic mass is 32.2. The third-order valence-corrected chi connectivity index (χ3v) is 6.14. The standard InChI is InChI=1S/C15H22N2O4S/c1-11(2)12-3-5-13(6-4-12)22(20,21)17-9-7-15(16,8-10-17)14(18)19/h3-6,11H,7-10,16H2,1-2H3,(H,18,19). The summed E-state index contributed by atoms with van der Waals surface area (Å²) in [4.78, 5) is 11.3. The topological polar surface area (TPSA) is 101 Å². The van der Waals surface area contributed by atoms with Crippen molar-refractivity contribution >= 4 is 16.0 Å². The van der Waals surface area contributed by atoms with Gasteiger partial charge in [-0.25, -0.2) is 8.42 Å². The zero-order chi connectivity index (χ0) is 16.5. The van der Waals surface area contributed by atoms with Crippen molar-refractivity contribution in [2.24, 2.45) is 5.73 Å². The summed E-state index contributed by atoms with van der Waals surface area (Å²) in [5, 5.41) is 9.09. The van der Waals surface area contributed by atoms with Gasteiger partial charge in [0.25, 0.3) is 0 Å². The van der Waals surface area contributed by atoms with Gasteiger partial charge in [-0.05, 0) is 36.5 Å². The van der Waals surface area contributed by atoms with E-state index in [0.717, 1.165) is 5.56 Å². The van der Waals surface area contributed by atoms with Gasteiger partial charge in [0.05, 0.1) is 4.90 Å². The number of hydrogen-bond donors (Lipinski definition) is 2. The summed E-state index contributed by atoms with van der Waals surface area (Å²) in [6.07, 6.45) is 0.233. The van der Waals surface area contributed by atoms with E-state index in [1.54, 1.807) is 12.1 Å². The molecule has 1 aromatic carbocycles. The molecule has 0 unspecified atom stereocenters. The largest absolute Gasteiger partial charge is 0.480 e. The van der Waals surface area contributed by atoms with E-state index in [0.29, 0.717) is 5.92 Å². The highest BCUT2D eigenvalue weighted by Crippen LogP contribution is 2.26. The Kier molecular flexibility index (Phi) is 4.60. The molecule has 0 saturated carbocycles. The van der Waals surface area contributed by atoms with Gasteiger partial charge < -0.3 is 10.8 Å². The van der Waals surface area contributed by atoms with Crippen LogP contribution in [0, 0.1) is 0 Å². The molecule has 0 atom stereocenters. The molecule has 1 aliphatic heterocycles. The Bertz CT molecular complexity index is 645. The number of piperidine rings is 1. The van der Waals surface area contributed by atoms with Crippen LogP contribution in [0.1, 0.15) is 38.2 Å². The van der Waals surface area contributed by atoms with Gasteiger partial charge in [-0.1, -0.05) is 26.0 Å². The Morgan fingerprint density at radius 3 is 2.14 bits per heavy atom. The Balaban J connectivity index is 2.16. The first kappa shape index (κ1) is 16.9. The second-order valence-electron chi connectivity index (χ2n) is 6.09. The maximum absolute atomic E-state index is 12.6. The molecule has 1 aliphatic rings. The van der Waals surface area contributed by atoms with Crippen molar-refractivity contribution in [3.8, 4) is 0 Å². The molecule has 1 heterocycles. The predicted octanol–water partition coefficient (Wildman–Crippen LogP) is 1.38. The second-order valence-corrected chi connectivity index (χ2v) is 8.03. The first-order valence-corrected chi connectivity index (χ1v) is 8.73. The molecule has 7 heteroatoms. The molecule has 1 fully saturated rings. The molecule has 1 saturated heterocycles. The van der Waals surface area contributed by atoms with E-state index in [2.05, 4.69) is 0 Å². The summed E-state index contributed by atoms with van der Waals surface area (Å²) in [5.74, 6) is -0.744. The van der Waals surface area contributed by atoms with Crippen molar-refractivity contribution in [2.45, 2.75) is 43.0 Å². The van der Waals surface area contributed by atoms with Gasteiger partial charge in [-0.2, -0.15) is 4.31 Å². The number of nitrogens with zero attached hydrogens (tertiary/aromatic N) is 1. The number of rotatable bonds is 4. The van der Waals surface area contributed by atoms with E-state index < -0.39 is 21.5 Å². The average molecular weight is 326 g/mol. The number of carboxylic acids is 1. The monoisotopic (exact) mass is 326 g/mol. The van der Waals surface area contributed by atoms with Gasteiger partial charge in [0.2, 0.25) is 10.0 Å². The maximum Gasteiger partial charge on any atom is 0.323 e. The number of hydrogen-bond acceptors (Lipinski definition) is 4. The molecule has 0 bridgehead atoms. The lowest BCUT2D eigenvalue weighted by atomic mass is 9.90. The van der Waals surface area contributed by atoms with E-state index in [1.165, 1.54) is 4.31 Å². The molecule has 0 aromatic heterocycles. The zero-order valence-electron chi connectivity index (χ0n) is 12.8. The molecule has 0 aliphatic carbocycles. The summed E-state index contributed by atoms with van der Waals surface area (Å²) >= 11 is 0.